The Labute approximate surface area is 152 Å². The summed E-state index contributed by atoms with van der Waals surface area (Å²) in [6.45, 7) is 8.35. The van der Waals surface area contributed by atoms with Crippen LogP contribution in [-0.2, 0) is 4.79 Å². The fourth-order valence-electron chi connectivity index (χ4n) is 2.52. The number of amides is 1. The van der Waals surface area contributed by atoms with Gasteiger partial charge in [0.1, 0.15) is 4.32 Å². The standard InChI is InChI=1S/C17H21ClN2OS2/c1-3-19(4-2)10-7-11-20-16(21)15(23-17(20)22)12-13-8-5-6-9-14(13)18/h5-6,8-9,12H,3-4,7,10-11H2,1-2H3/p+1/b15-12-. The monoisotopic (exact) mass is 369 g/mol. The molecular weight excluding hydrogens is 348 g/mol. The van der Waals surface area contributed by atoms with Gasteiger partial charge < -0.3 is 4.90 Å². The fourth-order valence-corrected chi connectivity index (χ4v) is 4.01. The van der Waals surface area contributed by atoms with E-state index in [1.165, 1.54) is 11.8 Å². The Hall–Kier alpha value is -0.880. The molecule has 1 fully saturated rings. The number of nitrogens with zero attached hydrogens (tertiary/aromatic N) is 1. The highest BCUT2D eigenvalue weighted by Gasteiger charge is 2.31. The number of rotatable bonds is 7. The van der Waals surface area contributed by atoms with Crippen molar-refractivity contribution in [3.63, 3.8) is 0 Å². The van der Waals surface area contributed by atoms with Gasteiger partial charge in [-0.3, -0.25) is 9.69 Å². The van der Waals surface area contributed by atoms with Crippen molar-refractivity contribution in [1.29, 1.82) is 0 Å². The summed E-state index contributed by atoms with van der Waals surface area (Å²) < 4.78 is 0.642. The second-order valence-corrected chi connectivity index (χ2v) is 7.50. The number of quaternary nitrogens is 1. The van der Waals surface area contributed by atoms with Crippen LogP contribution < -0.4 is 4.90 Å². The van der Waals surface area contributed by atoms with Crippen molar-refractivity contribution in [2.24, 2.45) is 0 Å². The van der Waals surface area contributed by atoms with Crippen LogP contribution in [0.2, 0.25) is 5.02 Å². The third-order valence-corrected chi connectivity index (χ3v) is 5.70. The first-order valence-electron chi connectivity index (χ1n) is 7.90. The predicted molar refractivity (Wildman–Crippen MR) is 103 cm³/mol. The Morgan fingerprint density at radius 2 is 2.00 bits per heavy atom. The smallest absolute Gasteiger partial charge is 0.266 e. The maximum Gasteiger partial charge on any atom is 0.266 e. The SMILES string of the molecule is CC[NH+](CC)CCCN1C(=O)/C(=C/c2ccccc2Cl)SC1=S. The summed E-state index contributed by atoms with van der Waals surface area (Å²) in [5, 5.41) is 0.642. The molecule has 124 valence electrons. The van der Waals surface area contributed by atoms with E-state index in [-0.39, 0.29) is 5.91 Å². The van der Waals surface area contributed by atoms with Crippen molar-refractivity contribution in [3.8, 4) is 0 Å². The summed E-state index contributed by atoms with van der Waals surface area (Å²) in [6.07, 6.45) is 2.79. The van der Waals surface area contributed by atoms with E-state index in [4.69, 9.17) is 23.8 Å². The van der Waals surface area contributed by atoms with Gasteiger partial charge >= 0.3 is 0 Å². The third kappa shape index (κ3) is 4.80. The second-order valence-electron chi connectivity index (χ2n) is 5.42. The van der Waals surface area contributed by atoms with Crippen LogP contribution in [0.3, 0.4) is 0 Å². The largest absolute Gasteiger partial charge is 0.335 e. The number of thiocarbonyl (C=S) groups is 1. The molecule has 3 nitrogen and oxygen atoms in total. The molecule has 0 saturated carbocycles. The summed E-state index contributed by atoms with van der Waals surface area (Å²) in [5.74, 6) is -0.00512. The minimum atomic E-state index is -0.00512. The molecule has 1 heterocycles. The molecule has 1 aromatic carbocycles. The molecule has 2 rings (SSSR count). The van der Waals surface area contributed by atoms with Gasteiger partial charge in [-0.1, -0.05) is 53.8 Å². The predicted octanol–water partition coefficient (Wildman–Crippen LogP) is 2.86. The van der Waals surface area contributed by atoms with Crippen LogP contribution in [0.5, 0.6) is 0 Å². The average molecular weight is 370 g/mol. The highest BCUT2D eigenvalue weighted by atomic mass is 35.5. The van der Waals surface area contributed by atoms with Gasteiger partial charge in [-0.2, -0.15) is 0 Å². The fraction of sp³-hybridized carbons (Fsp3) is 0.412. The Balaban J connectivity index is 2.01. The highest BCUT2D eigenvalue weighted by Crippen LogP contribution is 2.33. The quantitative estimate of drug-likeness (QED) is 0.591. The highest BCUT2D eigenvalue weighted by molar-refractivity contribution is 8.26. The molecule has 0 aliphatic carbocycles. The van der Waals surface area contributed by atoms with Crippen LogP contribution in [0.25, 0.3) is 6.08 Å². The van der Waals surface area contributed by atoms with Crippen LogP contribution >= 0.6 is 35.6 Å². The maximum atomic E-state index is 12.5. The summed E-state index contributed by atoms with van der Waals surface area (Å²) >= 11 is 12.9. The zero-order chi connectivity index (χ0) is 16.8. The van der Waals surface area contributed by atoms with Crippen LogP contribution in [0.4, 0.5) is 0 Å². The molecule has 0 atom stereocenters. The molecule has 23 heavy (non-hydrogen) atoms. The van der Waals surface area contributed by atoms with Gasteiger partial charge in [0.15, 0.2) is 0 Å². The molecule has 1 amide bonds. The lowest BCUT2D eigenvalue weighted by Crippen LogP contribution is -3.11. The minimum Gasteiger partial charge on any atom is -0.335 e. The molecule has 0 aromatic heterocycles. The molecule has 6 heteroatoms. The van der Waals surface area contributed by atoms with Gasteiger partial charge in [-0.05, 0) is 31.6 Å². The van der Waals surface area contributed by atoms with Crippen LogP contribution in [-0.4, -0.2) is 41.3 Å². The van der Waals surface area contributed by atoms with E-state index in [1.807, 2.05) is 30.3 Å². The van der Waals surface area contributed by atoms with Crippen molar-refractivity contribution in [2.45, 2.75) is 20.3 Å². The number of hydrogen-bond acceptors (Lipinski definition) is 3. The Bertz CT molecular complexity index is 614. The van der Waals surface area contributed by atoms with Gasteiger partial charge in [-0.25, -0.2) is 0 Å². The topological polar surface area (TPSA) is 24.8 Å². The van der Waals surface area contributed by atoms with E-state index in [0.29, 0.717) is 20.8 Å². The van der Waals surface area contributed by atoms with Gasteiger partial charge in [-0.15, -0.1) is 0 Å². The van der Waals surface area contributed by atoms with Gasteiger partial charge in [0.05, 0.1) is 24.5 Å². The first kappa shape index (κ1) is 18.5. The third-order valence-electron chi connectivity index (χ3n) is 3.98. The lowest BCUT2D eigenvalue weighted by molar-refractivity contribution is -0.896. The van der Waals surface area contributed by atoms with Crippen molar-refractivity contribution in [1.82, 2.24) is 4.90 Å². The van der Waals surface area contributed by atoms with Crippen LogP contribution in [0, 0.1) is 0 Å². The zero-order valence-electron chi connectivity index (χ0n) is 13.5. The summed E-state index contributed by atoms with van der Waals surface area (Å²) in [4.78, 5) is 16.5. The van der Waals surface area contributed by atoms with E-state index < -0.39 is 0 Å². The van der Waals surface area contributed by atoms with Crippen molar-refractivity contribution < 1.29 is 9.69 Å². The van der Waals surface area contributed by atoms with Crippen molar-refractivity contribution >= 4 is 51.9 Å². The lowest BCUT2D eigenvalue weighted by Gasteiger charge is -2.18. The molecule has 0 unspecified atom stereocenters. The number of carbonyl (C=O) groups excluding carboxylic acids is 1. The molecule has 1 N–H and O–H groups in total. The molecule has 1 aromatic rings. The number of hydrogen-bond donors (Lipinski definition) is 1. The zero-order valence-corrected chi connectivity index (χ0v) is 15.9. The molecule has 1 aliphatic rings. The van der Waals surface area contributed by atoms with Gasteiger partial charge in [0.25, 0.3) is 5.91 Å². The van der Waals surface area contributed by atoms with Crippen LogP contribution in [0.15, 0.2) is 29.2 Å². The van der Waals surface area contributed by atoms with E-state index in [1.54, 1.807) is 9.80 Å². The Kier molecular flexibility index (Phi) is 7.09. The number of carbonyl (C=O) groups is 1. The molecule has 1 aliphatic heterocycles. The summed E-state index contributed by atoms with van der Waals surface area (Å²) in [5.41, 5.74) is 0.849. The van der Waals surface area contributed by atoms with E-state index in [0.717, 1.165) is 31.6 Å². The van der Waals surface area contributed by atoms with Gasteiger partial charge in [0, 0.05) is 18.0 Å². The van der Waals surface area contributed by atoms with E-state index >= 15 is 0 Å². The minimum absolute atomic E-state index is 0.00512. The van der Waals surface area contributed by atoms with Gasteiger partial charge in [0.2, 0.25) is 0 Å². The normalized spacial score (nSPS) is 16.9. The average Bonchev–Trinajstić information content (AvgIpc) is 2.81. The molecule has 0 radical (unpaired) electrons. The molecule has 0 bridgehead atoms. The first-order chi connectivity index (χ1) is 11.1. The molecule has 0 spiro atoms. The van der Waals surface area contributed by atoms with Crippen molar-refractivity contribution in [3.05, 3.63) is 39.8 Å². The molecule has 1 saturated heterocycles. The number of benzene rings is 1. The number of nitrogens with one attached hydrogen (secondary N) is 1. The van der Waals surface area contributed by atoms with E-state index in [9.17, 15) is 4.79 Å². The number of thioether (sulfide) groups is 1. The first-order valence-corrected chi connectivity index (χ1v) is 9.50. The summed E-state index contributed by atoms with van der Waals surface area (Å²) in [7, 11) is 0. The Morgan fingerprint density at radius 3 is 2.65 bits per heavy atom. The maximum absolute atomic E-state index is 12.5. The Morgan fingerprint density at radius 1 is 1.30 bits per heavy atom. The second kappa shape index (κ2) is 8.83. The summed E-state index contributed by atoms with van der Waals surface area (Å²) in [6, 6.07) is 7.51. The lowest BCUT2D eigenvalue weighted by atomic mass is 10.2. The molecular formula is C17H22ClN2OS2+. The van der Waals surface area contributed by atoms with Crippen molar-refractivity contribution in [2.75, 3.05) is 26.2 Å². The van der Waals surface area contributed by atoms with Crippen LogP contribution in [0.1, 0.15) is 25.8 Å². The number of halogens is 1. The van der Waals surface area contributed by atoms with E-state index in [2.05, 4.69) is 13.8 Å².